The molecule has 0 amide bonds. The van der Waals surface area contributed by atoms with Crippen LogP contribution in [0.4, 0.5) is 0 Å². The summed E-state index contributed by atoms with van der Waals surface area (Å²) in [4.78, 5) is 0. The van der Waals surface area contributed by atoms with E-state index in [0.717, 1.165) is 17.8 Å². The molecule has 0 radical (unpaired) electrons. The Bertz CT molecular complexity index is 103. The highest BCUT2D eigenvalue weighted by molar-refractivity contribution is 4.78. The first-order chi connectivity index (χ1) is 5.27. The van der Waals surface area contributed by atoms with Gasteiger partial charge in [0.1, 0.15) is 0 Å². The van der Waals surface area contributed by atoms with Gasteiger partial charge in [-0.2, -0.15) is 0 Å². The SMILES string of the molecule is CCC(C)C(CC)CC1CC1. The molecule has 0 aromatic carbocycles. The topological polar surface area (TPSA) is 0 Å². The van der Waals surface area contributed by atoms with Gasteiger partial charge in [0.15, 0.2) is 0 Å². The van der Waals surface area contributed by atoms with Gasteiger partial charge in [-0.1, -0.05) is 46.5 Å². The molecule has 0 spiro atoms. The Morgan fingerprint density at radius 2 is 1.82 bits per heavy atom. The molecule has 1 aliphatic carbocycles. The van der Waals surface area contributed by atoms with E-state index in [1.807, 2.05) is 0 Å². The molecule has 2 atom stereocenters. The van der Waals surface area contributed by atoms with Gasteiger partial charge in [-0.15, -0.1) is 0 Å². The average molecular weight is 154 g/mol. The van der Waals surface area contributed by atoms with Crippen molar-refractivity contribution in [1.29, 1.82) is 0 Å². The maximum Gasteiger partial charge on any atom is -0.0389 e. The lowest BCUT2D eigenvalue weighted by Gasteiger charge is -2.20. The van der Waals surface area contributed by atoms with Crippen molar-refractivity contribution in [3.8, 4) is 0 Å². The zero-order valence-corrected chi connectivity index (χ0v) is 8.27. The molecule has 0 bridgehead atoms. The van der Waals surface area contributed by atoms with Gasteiger partial charge in [0.2, 0.25) is 0 Å². The zero-order valence-electron chi connectivity index (χ0n) is 8.27. The monoisotopic (exact) mass is 154 g/mol. The third kappa shape index (κ3) is 2.84. The smallest absolute Gasteiger partial charge is 0.0389 e. The van der Waals surface area contributed by atoms with Crippen LogP contribution in [0.2, 0.25) is 0 Å². The highest BCUT2D eigenvalue weighted by Crippen LogP contribution is 2.38. The van der Waals surface area contributed by atoms with E-state index in [1.165, 1.54) is 32.1 Å². The Balaban J connectivity index is 2.21. The van der Waals surface area contributed by atoms with Crippen molar-refractivity contribution >= 4 is 0 Å². The largest absolute Gasteiger partial charge is 0.0651 e. The molecule has 1 rings (SSSR count). The van der Waals surface area contributed by atoms with Crippen LogP contribution in [0.1, 0.15) is 52.9 Å². The second-order valence-electron chi connectivity index (χ2n) is 4.23. The lowest BCUT2D eigenvalue weighted by Crippen LogP contribution is -2.10. The highest BCUT2D eigenvalue weighted by Gasteiger charge is 2.26. The summed E-state index contributed by atoms with van der Waals surface area (Å²) >= 11 is 0. The van der Waals surface area contributed by atoms with Crippen molar-refractivity contribution in [2.24, 2.45) is 17.8 Å². The number of hydrogen-bond acceptors (Lipinski definition) is 0. The summed E-state index contributed by atoms with van der Waals surface area (Å²) in [6.45, 7) is 7.08. The molecule has 0 saturated heterocycles. The minimum Gasteiger partial charge on any atom is -0.0651 e. The van der Waals surface area contributed by atoms with Gasteiger partial charge in [0.25, 0.3) is 0 Å². The summed E-state index contributed by atoms with van der Waals surface area (Å²) in [7, 11) is 0. The third-order valence-electron chi connectivity index (χ3n) is 3.31. The first-order valence-electron chi connectivity index (χ1n) is 5.27. The van der Waals surface area contributed by atoms with Gasteiger partial charge in [0, 0.05) is 0 Å². The zero-order chi connectivity index (χ0) is 8.27. The lowest BCUT2D eigenvalue weighted by molar-refractivity contribution is 0.304. The van der Waals surface area contributed by atoms with Crippen LogP contribution in [0.3, 0.4) is 0 Å². The fourth-order valence-electron chi connectivity index (χ4n) is 1.92. The summed E-state index contributed by atoms with van der Waals surface area (Å²) in [6, 6.07) is 0. The van der Waals surface area contributed by atoms with Gasteiger partial charge in [-0.25, -0.2) is 0 Å². The molecular weight excluding hydrogens is 132 g/mol. The summed E-state index contributed by atoms with van der Waals surface area (Å²) in [5.74, 6) is 3.10. The highest BCUT2D eigenvalue weighted by atomic mass is 14.3. The van der Waals surface area contributed by atoms with E-state index in [1.54, 1.807) is 0 Å². The molecule has 1 aliphatic rings. The van der Waals surface area contributed by atoms with Crippen LogP contribution in [0.25, 0.3) is 0 Å². The van der Waals surface area contributed by atoms with Crippen molar-refractivity contribution in [3.63, 3.8) is 0 Å². The van der Waals surface area contributed by atoms with E-state index < -0.39 is 0 Å². The number of rotatable bonds is 5. The van der Waals surface area contributed by atoms with Crippen molar-refractivity contribution in [2.75, 3.05) is 0 Å². The molecule has 0 aromatic heterocycles. The Morgan fingerprint density at radius 3 is 2.18 bits per heavy atom. The van der Waals surface area contributed by atoms with Crippen molar-refractivity contribution < 1.29 is 0 Å². The van der Waals surface area contributed by atoms with Crippen LogP contribution in [-0.2, 0) is 0 Å². The molecule has 2 unspecified atom stereocenters. The fraction of sp³-hybridized carbons (Fsp3) is 1.00. The van der Waals surface area contributed by atoms with Gasteiger partial charge in [0.05, 0.1) is 0 Å². The maximum atomic E-state index is 2.41. The van der Waals surface area contributed by atoms with Crippen LogP contribution < -0.4 is 0 Å². The van der Waals surface area contributed by atoms with Gasteiger partial charge < -0.3 is 0 Å². The van der Waals surface area contributed by atoms with Crippen LogP contribution in [0.5, 0.6) is 0 Å². The summed E-state index contributed by atoms with van der Waals surface area (Å²) in [5.41, 5.74) is 0. The van der Waals surface area contributed by atoms with Crippen molar-refractivity contribution in [1.82, 2.24) is 0 Å². The van der Waals surface area contributed by atoms with Crippen molar-refractivity contribution in [3.05, 3.63) is 0 Å². The van der Waals surface area contributed by atoms with Crippen molar-refractivity contribution in [2.45, 2.75) is 52.9 Å². The molecule has 0 heteroatoms. The summed E-state index contributed by atoms with van der Waals surface area (Å²) < 4.78 is 0. The van der Waals surface area contributed by atoms with Gasteiger partial charge in [-0.3, -0.25) is 0 Å². The second kappa shape index (κ2) is 4.13. The quantitative estimate of drug-likeness (QED) is 0.564. The first-order valence-corrected chi connectivity index (χ1v) is 5.27. The molecule has 0 aliphatic heterocycles. The minimum absolute atomic E-state index is 0.959. The van der Waals surface area contributed by atoms with Crippen LogP contribution in [0, 0.1) is 17.8 Å². The maximum absolute atomic E-state index is 2.41. The average Bonchev–Trinajstić information content (AvgIpc) is 2.82. The second-order valence-corrected chi connectivity index (χ2v) is 4.23. The van der Waals surface area contributed by atoms with E-state index in [9.17, 15) is 0 Å². The fourth-order valence-corrected chi connectivity index (χ4v) is 1.92. The Kier molecular flexibility index (Phi) is 3.42. The van der Waals surface area contributed by atoms with E-state index in [-0.39, 0.29) is 0 Å². The predicted molar refractivity (Wildman–Crippen MR) is 50.6 cm³/mol. The summed E-state index contributed by atoms with van der Waals surface area (Å²) in [6.07, 6.45) is 7.32. The Morgan fingerprint density at radius 1 is 1.18 bits per heavy atom. The van der Waals surface area contributed by atoms with E-state index in [0.29, 0.717) is 0 Å². The first kappa shape index (κ1) is 9.09. The standard InChI is InChI=1S/C11H22/c1-4-9(3)11(5-2)8-10-6-7-10/h9-11H,4-8H2,1-3H3. The van der Waals surface area contributed by atoms with E-state index in [2.05, 4.69) is 20.8 Å². The molecule has 0 N–H and O–H groups in total. The Hall–Kier alpha value is 0. The molecule has 1 fully saturated rings. The van der Waals surface area contributed by atoms with E-state index >= 15 is 0 Å². The molecular formula is C11H22. The Labute approximate surface area is 71.4 Å². The molecule has 1 saturated carbocycles. The van der Waals surface area contributed by atoms with E-state index in [4.69, 9.17) is 0 Å². The van der Waals surface area contributed by atoms with Gasteiger partial charge >= 0.3 is 0 Å². The number of hydrogen-bond donors (Lipinski definition) is 0. The summed E-state index contributed by atoms with van der Waals surface area (Å²) in [5, 5.41) is 0. The van der Waals surface area contributed by atoms with Crippen LogP contribution in [0.15, 0.2) is 0 Å². The van der Waals surface area contributed by atoms with Crippen LogP contribution >= 0.6 is 0 Å². The molecule has 11 heavy (non-hydrogen) atoms. The third-order valence-corrected chi connectivity index (χ3v) is 3.31. The molecule has 0 nitrogen and oxygen atoms in total. The molecule has 0 heterocycles. The minimum atomic E-state index is 0.959. The molecule has 0 aromatic rings. The van der Waals surface area contributed by atoms with Crippen LogP contribution in [-0.4, -0.2) is 0 Å². The molecule has 66 valence electrons. The normalized spacial score (nSPS) is 23.2. The predicted octanol–water partition coefficient (Wildman–Crippen LogP) is 3.86. The lowest BCUT2D eigenvalue weighted by atomic mass is 9.85. The van der Waals surface area contributed by atoms with Gasteiger partial charge in [-0.05, 0) is 24.2 Å².